The van der Waals surface area contributed by atoms with Crippen LogP contribution in [0.5, 0.6) is 0 Å². The van der Waals surface area contributed by atoms with E-state index in [2.05, 4.69) is 15.5 Å². The van der Waals surface area contributed by atoms with Gasteiger partial charge in [-0.05, 0) is 50.2 Å². The molecule has 1 aromatic carbocycles. The number of likely N-dealkylation sites (tertiary alicyclic amines) is 1. The molecule has 2 aromatic rings. The van der Waals surface area contributed by atoms with Gasteiger partial charge in [0, 0.05) is 11.4 Å². The van der Waals surface area contributed by atoms with Gasteiger partial charge in [-0.2, -0.15) is 0 Å². The number of hydrogen-bond acceptors (Lipinski definition) is 5. The molecule has 27 heavy (non-hydrogen) atoms. The van der Waals surface area contributed by atoms with E-state index in [0.717, 1.165) is 25.9 Å². The Morgan fingerprint density at radius 1 is 1.04 bits per heavy atom. The third-order valence-corrected chi connectivity index (χ3v) is 4.59. The minimum absolute atomic E-state index is 0.0391. The van der Waals surface area contributed by atoms with Crippen molar-refractivity contribution in [2.45, 2.75) is 32.2 Å². The quantitative estimate of drug-likeness (QED) is 0.726. The summed E-state index contributed by atoms with van der Waals surface area (Å²) < 4.78 is 5.18. The Morgan fingerprint density at radius 3 is 2.41 bits per heavy atom. The summed E-state index contributed by atoms with van der Waals surface area (Å²) in [6, 6.07) is 8.72. The van der Waals surface area contributed by atoms with Gasteiger partial charge >= 0.3 is 0 Å². The van der Waals surface area contributed by atoms with Gasteiger partial charge in [0.2, 0.25) is 5.91 Å². The maximum absolute atomic E-state index is 12.3. The highest BCUT2D eigenvalue weighted by molar-refractivity contribution is 6.04. The van der Waals surface area contributed by atoms with Gasteiger partial charge in [0.05, 0.1) is 18.7 Å². The van der Waals surface area contributed by atoms with E-state index in [1.807, 2.05) is 0 Å². The first-order chi connectivity index (χ1) is 13.1. The lowest BCUT2D eigenvalue weighted by atomic mass is 10.2. The molecule has 0 bridgehead atoms. The highest BCUT2D eigenvalue weighted by Gasteiger charge is 2.14. The average molecular weight is 370 g/mol. The number of nitrogens with zero attached hydrogens (tertiary/aromatic N) is 1. The summed E-state index contributed by atoms with van der Waals surface area (Å²) >= 11 is 0. The van der Waals surface area contributed by atoms with Crippen LogP contribution in [0.15, 0.2) is 41.0 Å². The van der Waals surface area contributed by atoms with Crippen molar-refractivity contribution in [2.24, 2.45) is 5.73 Å². The van der Waals surface area contributed by atoms with Gasteiger partial charge in [0.25, 0.3) is 5.91 Å². The topological polar surface area (TPSA) is 101 Å². The Labute approximate surface area is 158 Å². The van der Waals surface area contributed by atoms with E-state index in [1.54, 1.807) is 30.3 Å². The minimum Gasteiger partial charge on any atom is -0.467 e. The van der Waals surface area contributed by atoms with Crippen LogP contribution in [0.25, 0.3) is 0 Å². The number of hydrogen-bond donors (Lipinski definition) is 3. The van der Waals surface area contributed by atoms with Crippen LogP contribution in [-0.2, 0) is 11.3 Å². The maximum atomic E-state index is 12.3. The highest BCUT2D eigenvalue weighted by atomic mass is 16.3. The van der Waals surface area contributed by atoms with Crippen molar-refractivity contribution < 1.29 is 14.0 Å². The molecule has 2 amide bonds. The molecule has 7 nitrogen and oxygen atoms in total. The third-order valence-electron chi connectivity index (χ3n) is 4.59. The number of anilines is 2. The predicted molar refractivity (Wildman–Crippen MR) is 105 cm³/mol. The van der Waals surface area contributed by atoms with E-state index in [1.165, 1.54) is 19.1 Å². The van der Waals surface area contributed by atoms with Gasteiger partial charge in [-0.25, -0.2) is 0 Å². The van der Waals surface area contributed by atoms with Crippen LogP contribution in [0.3, 0.4) is 0 Å². The second-order valence-corrected chi connectivity index (χ2v) is 6.78. The van der Waals surface area contributed by atoms with Gasteiger partial charge in [-0.15, -0.1) is 0 Å². The fourth-order valence-corrected chi connectivity index (χ4v) is 3.18. The van der Waals surface area contributed by atoms with Crippen molar-refractivity contribution in [1.29, 1.82) is 0 Å². The maximum Gasteiger partial charge on any atom is 0.258 e. The van der Waals surface area contributed by atoms with Crippen molar-refractivity contribution >= 4 is 23.2 Å². The summed E-state index contributed by atoms with van der Waals surface area (Å²) in [5.41, 5.74) is 7.15. The van der Waals surface area contributed by atoms with Crippen LogP contribution >= 0.6 is 0 Å². The second-order valence-electron chi connectivity index (χ2n) is 6.78. The SMILES string of the molecule is NCc1cc(C(=O)Nc2cccc(NC(=O)CN3CCCCCC3)c2)co1. The molecular weight excluding hydrogens is 344 g/mol. The molecule has 1 aliphatic rings. The molecule has 0 spiro atoms. The van der Waals surface area contributed by atoms with Crippen LogP contribution in [0.4, 0.5) is 11.4 Å². The van der Waals surface area contributed by atoms with Crippen LogP contribution in [-0.4, -0.2) is 36.3 Å². The Morgan fingerprint density at radius 2 is 1.74 bits per heavy atom. The van der Waals surface area contributed by atoms with Gasteiger partial charge in [0.15, 0.2) is 0 Å². The number of benzene rings is 1. The fourth-order valence-electron chi connectivity index (χ4n) is 3.18. The zero-order valence-electron chi connectivity index (χ0n) is 15.4. The fraction of sp³-hybridized carbons (Fsp3) is 0.400. The molecule has 4 N–H and O–H groups in total. The molecule has 2 heterocycles. The van der Waals surface area contributed by atoms with Crippen molar-refractivity contribution in [1.82, 2.24) is 4.90 Å². The van der Waals surface area contributed by atoms with Crippen molar-refractivity contribution in [2.75, 3.05) is 30.3 Å². The summed E-state index contributed by atoms with van der Waals surface area (Å²) in [5, 5.41) is 5.71. The number of carbonyl (C=O) groups is 2. The normalized spacial score (nSPS) is 15.1. The van der Waals surface area contributed by atoms with E-state index in [9.17, 15) is 9.59 Å². The largest absolute Gasteiger partial charge is 0.467 e. The summed E-state index contributed by atoms with van der Waals surface area (Å²) in [6.07, 6.45) is 6.15. The number of carbonyl (C=O) groups excluding carboxylic acids is 2. The van der Waals surface area contributed by atoms with Crippen LogP contribution < -0.4 is 16.4 Å². The monoisotopic (exact) mass is 370 g/mol. The van der Waals surface area contributed by atoms with Crippen LogP contribution in [0.2, 0.25) is 0 Å². The summed E-state index contributed by atoms with van der Waals surface area (Å²) in [7, 11) is 0. The Balaban J connectivity index is 1.56. The smallest absolute Gasteiger partial charge is 0.258 e. The molecule has 1 saturated heterocycles. The first-order valence-corrected chi connectivity index (χ1v) is 9.35. The molecular formula is C20H26N4O3. The van der Waals surface area contributed by atoms with Crippen molar-refractivity contribution in [3.63, 3.8) is 0 Å². The van der Waals surface area contributed by atoms with Gasteiger partial charge in [0.1, 0.15) is 12.0 Å². The zero-order chi connectivity index (χ0) is 19.1. The molecule has 144 valence electrons. The van der Waals surface area contributed by atoms with E-state index in [-0.39, 0.29) is 18.4 Å². The lowest BCUT2D eigenvalue weighted by molar-refractivity contribution is -0.117. The summed E-state index contributed by atoms with van der Waals surface area (Å²) in [4.78, 5) is 26.8. The minimum atomic E-state index is -0.286. The average Bonchev–Trinajstić information content (AvgIpc) is 3.00. The van der Waals surface area contributed by atoms with E-state index in [0.29, 0.717) is 29.2 Å². The molecule has 0 radical (unpaired) electrons. The molecule has 0 aliphatic carbocycles. The summed E-state index contributed by atoms with van der Waals surface area (Å²) in [6.45, 7) is 2.58. The van der Waals surface area contributed by atoms with Crippen molar-refractivity contribution in [3.8, 4) is 0 Å². The molecule has 1 aromatic heterocycles. The predicted octanol–water partition coefficient (Wildman–Crippen LogP) is 2.81. The number of furan rings is 1. The van der Waals surface area contributed by atoms with Crippen LogP contribution in [0, 0.1) is 0 Å². The molecule has 0 saturated carbocycles. The Hall–Kier alpha value is -2.64. The first kappa shape index (κ1) is 19.1. The second kappa shape index (κ2) is 9.34. The number of amides is 2. The lowest BCUT2D eigenvalue weighted by Gasteiger charge is -2.19. The Bertz CT molecular complexity index is 779. The third kappa shape index (κ3) is 5.67. The highest BCUT2D eigenvalue weighted by Crippen LogP contribution is 2.17. The molecule has 1 aliphatic heterocycles. The molecule has 0 unspecified atom stereocenters. The number of rotatable bonds is 6. The van der Waals surface area contributed by atoms with E-state index < -0.39 is 0 Å². The first-order valence-electron chi connectivity index (χ1n) is 9.35. The van der Waals surface area contributed by atoms with Gasteiger partial charge in [-0.3, -0.25) is 14.5 Å². The number of nitrogens with one attached hydrogen (secondary N) is 2. The number of nitrogens with two attached hydrogens (primary N) is 1. The molecule has 3 rings (SSSR count). The van der Waals surface area contributed by atoms with Crippen molar-refractivity contribution in [3.05, 3.63) is 47.9 Å². The molecule has 7 heteroatoms. The Kier molecular flexibility index (Phi) is 6.62. The van der Waals surface area contributed by atoms with E-state index >= 15 is 0 Å². The summed E-state index contributed by atoms with van der Waals surface area (Å²) in [5.74, 6) is 0.226. The van der Waals surface area contributed by atoms with Gasteiger partial charge in [-0.1, -0.05) is 18.9 Å². The lowest BCUT2D eigenvalue weighted by Crippen LogP contribution is -2.33. The standard InChI is InChI=1S/C20H26N4O3/c21-12-18-10-15(14-27-18)20(26)23-17-7-5-6-16(11-17)22-19(25)13-24-8-3-1-2-4-9-24/h5-7,10-11,14H,1-4,8-9,12-13,21H2,(H,22,25)(H,23,26). The van der Waals surface area contributed by atoms with E-state index in [4.69, 9.17) is 10.2 Å². The van der Waals surface area contributed by atoms with Gasteiger partial charge < -0.3 is 20.8 Å². The molecule has 0 atom stereocenters. The zero-order valence-corrected chi connectivity index (χ0v) is 15.4. The molecule has 1 fully saturated rings. The van der Waals surface area contributed by atoms with Crippen LogP contribution in [0.1, 0.15) is 41.8 Å².